The molecule has 1 atom stereocenters. The summed E-state index contributed by atoms with van der Waals surface area (Å²) in [7, 11) is 1.57. The van der Waals surface area contributed by atoms with Gasteiger partial charge in [-0.25, -0.2) is 0 Å². The SMILES string of the molecule is COc1ccc(NC(=O)C(C)OCc2ccccc2)cc1N1CCCC1=O. The van der Waals surface area contributed by atoms with E-state index in [4.69, 9.17) is 9.47 Å². The van der Waals surface area contributed by atoms with E-state index in [9.17, 15) is 9.59 Å². The number of rotatable bonds is 7. The summed E-state index contributed by atoms with van der Waals surface area (Å²) in [5.41, 5.74) is 2.29. The maximum absolute atomic E-state index is 12.4. The summed E-state index contributed by atoms with van der Waals surface area (Å²) < 4.78 is 11.0. The molecule has 6 heteroatoms. The number of amides is 2. The van der Waals surface area contributed by atoms with Crippen LogP contribution >= 0.6 is 0 Å². The van der Waals surface area contributed by atoms with Crippen molar-refractivity contribution in [2.24, 2.45) is 0 Å². The molecule has 0 bridgehead atoms. The van der Waals surface area contributed by atoms with E-state index in [1.165, 1.54) is 0 Å². The van der Waals surface area contributed by atoms with Gasteiger partial charge in [0.25, 0.3) is 5.91 Å². The highest BCUT2D eigenvalue weighted by atomic mass is 16.5. The lowest BCUT2D eigenvalue weighted by molar-refractivity contribution is -0.127. The fourth-order valence-corrected chi connectivity index (χ4v) is 3.00. The minimum atomic E-state index is -0.607. The Morgan fingerprint density at radius 1 is 1.22 bits per heavy atom. The third kappa shape index (κ3) is 4.65. The Labute approximate surface area is 159 Å². The lowest BCUT2D eigenvalue weighted by Gasteiger charge is -2.20. The van der Waals surface area contributed by atoms with Gasteiger partial charge in [0.05, 0.1) is 19.4 Å². The van der Waals surface area contributed by atoms with Gasteiger partial charge in [-0.3, -0.25) is 9.59 Å². The van der Waals surface area contributed by atoms with Gasteiger partial charge in [-0.05, 0) is 37.1 Å². The Kier molecular flexibility index (Phi) is 6.08. The molecule has 6 nitrogen and oxygen atoms in total. The summed E-state index contributed by atoms with van der Waals surface area (Å²) in [4.78, 5) is 26.2. The Bertz CT molecular complexity index is 807. The molecule has 1 N–H and O–H groups in total. The van der Waals surface area contributed by atoms with Gasteiger partial charge in [-0.2, -0.15) is 0 Å². The van der Waals surface area contributed by atoms with Gasteiger partial charge in [0, 0.05) is 18.7 Å². The Balaban J connectivity index is 1.65. The largest absolute Gasteiger partial charge is 0.495 e. The smallest absolute Gasteiger partial charge is 0.253 e. The number of methoxy groups -OCH3 is 1. The number of ether oxygens (including phenoxy) is 2. The lowest BCUT2D eigenvalue weighted by atomic mass is 10.2. The molecular weight excluding hydrogens is 344 g/mol. The molecule has 1 fully saturated rings. The molecule has 0 aromatic heterocycles. The number of benzene rings is 2. The second-order valence-electron chi connectivity index (χ2n) is 6.46. The van der Waals surface area contributed by atoms with Gasteiger partial charge < -0.3 is 19.7 Å². The van der Waals surface area contributed by atoms with E-state index in [1.807, 2.05) is 30.3 Å². The highest BCUT2D eigenvalue weighted by Crippen LogP contribution is 2.34. The van der Waals surface area contributed by atoms with Gasteiger partial charge in [-0.1, -0.05) is 30.3 Å². The highest BCUT2D eigenvalue weighted by molar-refractivity contribution is 5.99. The van der Waals surface area contributed by atoms with Crippen LogP contribution in [-0.2, 0) is 20.9 Å². The molecule has 0 saturated carbocycles. The number of carbonyl (C=O) groups is 2. The van der Waals surface area contributed by atoms with Gasteiger partial charge in [0.1, 0.15) is 11.9 Å². The van der Waals surface area contributed by atoms with Crippen LogP contribution < -0.4 is 15.0 Å². The maximum Gasteiger partial charge on any atom is 0.253 e. The zero-order valence-corrected chi connectivity index (χ0v) is 15.6. The first-order chi connectivity index (χ1) is 13.1. The number of anilines is 2. The Morgan fingerprint density at radius 2 is 2.00 bits per heavy atom. The van der Waals surface area contributed by atoms with Crippen LogP contribution in [0.3, 0.4) is 0 Å². The molecule has 3 rings (SSSR count). The van der Waals surface area contributed by atoms with Crippen molar-refractivity contribution in [3.63, 3.8) is 0 Å². The van der Waals surface area contributed by atoms with Crippen molar-refractivity contribution in [3.05, 3.63) is 54.1 Å². The molecule has 1 aliphatic rings. The molecule has 0 radical (unpaired) electrons. The lowest BCUT2D eigenvalue weighted by Crippen LogP contribution is -2.28. The number of hydrogen-bond acceptors (Lipinski definition) is 4. The van der Waals surface area contributed by atoms with E-state index in [-0.39, 0.29) is 11.8 Å². The molecule has 1 heterocycles. The van der Waals surface area contributed by atoms with Gasteiger partial charge in [0.15, 0.2) is 0 Å². The van der Waals surface area contributed by atoms with Crippen LogP contribution in [-0.4, -0.2) is 31.6 Å². The molecule has 0 aliphatic carbocycles. The zero-order valence-electron chi connectivity index (χ0n) is 15.6. The topological polar surface area (TPSA) is 67.9 Å². The average Bonchev–Trinajstić information content (AvgIpc) is 3.12. The molecular formula is C21H24N2O4. The summed E-state index contributed by atoms with van der Waals surface area (Å²) in [5.74, 6) is 0.433. The molecule has 2 aromatic rings. The standard InChI is InChI=1S/C21H24N2O4/c1-15(27-14-16-7-4-3-5-8-16)21(25)22-17-10-11-19(26-2)18(13-17)23-12-6-9-20(23)24/h3-5,7-8,10-11,13,15H,6,9,12,14H2,1-2H3,(H,22,25). The van der Waals surface area contributed by atoms with Crippen molar-refractivity contribution in [3.8, 4) is 5.75 Å². The van der Waals surface area contributed by atoms with Crippen LogP contribution in [0, 0.1) is 0 Å². The molecule has 142 valence electrons. The first-order valence-corrected chi connectivity index (χ1v) is 9.03. The van der Waals surface area contributed by atoms with Crippen molar-refractivity contribution < 1.29 is 19.1 Å². The fraction of sp³-hybridized carbons (Fsp3) is 0.333. The predicted molar refractivity (Wildman–Crippen MR) is 104 cm³/mol. The van der Waals surface area contributed by atoms with E-state index in [0.29, 0.717) is 36.7 Å². The number of nitrogens with zero attached hydrogens (tertiary/aromatic N) is 1. The van der Waals surface area contributed by atoms with Crippen molar-refractivity contribution in [2.45, 2.75) is 32.5 Å². The van der Waals surface area contributed by atoms with E-state index < -0.39 is 6.10 Å². The van der Waals surface area contributed by atoms with Crippen LogP contribution in [0.5, 0.6) is 5.75 Å². The van der Waals surface area contributed by atoms with Gasteiger partial charge in [0.2, 0.25) is 5.91 Å². The second-order valence-corrected chi connectivity index (χ2v) is 6.46. The Hall–Kier alpha value is -2.86. The van der Waals surface area contributed by atoms with Gasteiger partial charge >= 0.3 is 0 Å². The molecule has 2 amide bonds. The predicted octanol–water partition coefficient (Wildman–Crippen LogP) is 3.37. The first-order valence-electron chi connectivity index (χ1n) is 9.03. The third-order valence-electron chi connectivity index (χ3n) is 4.52. The molecule has 2 aromatic carbocycles. The summed E-state index contributed by atoms with van der Waals surface area (Å²) in [6, 6.07) is 15.0. The van der Waals surface area contributed by atoms with E-state index >= 15 is 0 Å². The molecule has 27 heavy (non-hydrogen) atoms. The van der Waals surface area contributed by atoms with Crippen molar-refractivity contribution in [2.75, 3.05) is 23.9 Å². The van der Waals surface area contributed by atoms with E-state index in [1.54, 1.807) is 37.1 Å². The quantitative estimate of drug-likeness (QED) is 0.814. The zero-order chi connectivity index (χ0) is 19.2. The summed E-state index contributed by atoms with van der Waals surface area (Å²) in [5, 5.41) is 2.85. The maximum atomic E-state index is 12.4. The normalized spacial score (nSPS) is 14.9. The third-order valence-corrected chi connectivity index (χ3v) is 4.52. The number of nitrogens with one attached hydrogen (secondary N) is 1. The number of hydrogen-bond donors (Lipinski definition) is 1. The van der Waals surface area contributed by atoms with Crippen molar-refractivity contribution >= 4 is 23.2 Å². The molecule has 1 unspecified atom stereocenters. The van der Waals surface area contributed by atoms with Gasteiger partial charge in [-0.15, -0.1) is 0 Å². The van der Waals surface area contributed by atoms with E-state index in [0.717, 1.165) is 12.0 Å². The summed E-state index contributed by atoms with van der Waals surface area (Å²) >= 11 is 0. The van der Waals surface area contributed by atoms with E-state index in [2.05, 4.69) is 5.32 Å². The Morgan fingerprint density at radius 3 is 2.67 bits per heavy atom. The number of carbonyl (C=O) groups excluding carboxylic acids is 2. The minimum absolute atomic E-state index is 0.0661. The summed E-state index contributed by atoms with van der Waals surface area (Å²) in [6.07, 6.45) is 0.747. The van der Waals surface area contributed by atoms with Crippen molar-refractivity contribution in [1.29, 1.82) is 0 Å². The average molecular weight is 368 g/mol. The molecule has 1 aliphatic heterocycles. The van der Waals surface area contributed by atoms with Crippen LogP contribution in [0.15, 0.2) is 48.5 Å². The highest BCUT2D eigenvalue weighted by Gasteiger charge is 2.25. The van der Waals surface area contributed by atoms with Crippen LogP contribution in [0.2, 0.25) is 0 Å². The monoisotopic (exact) mass is 368 g/mol. The fourth-order valence-electron chi connectivity index (χ4n) is 3.00. The van der Waals surface area contributed by atoms with Crippen molar-refractivity contribution in [1.82, 2.24) is 0 Å². The molecule has 1 saturated heterocycles. The van der Waals surface area contributed by atoms with Crippen LogP contribution in [0.1, 0.15) is 25.3 Å². The molecule has 0 spiro atoms. The minimum Gasteiger partial charge on any atom is -0.495 e. The van der Waals surface area contributed by atoms with Crippen LogP contribution in [0.25, 0.3) is 0 Å². The first kappa shape index (κ1) is 18.9. The summed E-state index contributed by atoms with van der Waals surface area (Å²) in [6.45, 7) is 2.74. The van der Waals surface area contributed by atoms with Crippen LogP contribution in [0.4, 0.5) is 11.4 Å². The second kappa shape index (κ2) is 8.68.